The topological polar surface area (TPSA) is 23.5 Å². The zero-order chi connectivity index (χ0) is 14.9. The van der Waals surface area contributed by atoms with Gasteiger partial charge in [0.2, 0.25) is 0 Å². The van der Waals surface area contributed by atoms with Crippen molar-refractivity contribution in [2.24, 2.45) is 0 Å². The van der Waals surface area contributed by atoms with Crippen LogP contribution in [-0.4, -0.2) is 12.2 Å². The number of phenols is 1. The molecule has 2 rings (SSSR count). The van der Waals surface area contributed by atoms with Gasteiger partial charge in [0.25, 0.3) is 0 Å². The Kier molecular flexibility index (Phi) is 4.46. The summed E-state index contributed by atoms with van der Waals surface area (Å²) in [6, 6.07) is 9.57. The van der Waals surface area contributed by atoms with E-state index >= 15 is 0 Å². The van der Waals surface area contributed by atoms with Crippen molar-refractivity contribution in [3.63, 3.8) is 0 Å². The Balaban J connectivity index is 2.30. The molecule has 0 saturated heterocycles. The molecular weight excluding hydrogens is 293 g/mol. The van der Waals surface area contributed by atoms with Gasteiger partial charge in [-0.15, -0.1) is 0 Å². The first-order valence-corrected chi connectivity index (χ1v) is 7.09. The Morgan fingerprint density at radius 2 is 1.80 bits per heavy atom. The minimum Gasteiger partial charge on any atom is -0.506 e. The summed E-state index contributed by atoms with van der Waals surface area (Å²) in [5, 5.41) is 10.8. The van der Waals surface area contributed by atoms with Crippen molar-refractivity contribution in [2.75, 3.05) is 11.9 Å². The second kappa shape index (κ2) is 5.94. The molecule has 0 amide bonds. The van der Waals surface area contributed by atoms with Crippen molar-refractivity contribution >= 4 is 28.9 Å². The fraction of sp³-hybridized carbons (Fsp3) is 0.250. The summed E-state index contributed by atoms with van der Waals surface area (Å²) in [4.78, 5) is 2.07. The highest BCUT2D eigenvalue weighted by molar-refractivity contribution is 6.35. The molecule has 2 aromatic carbocycles. The molecule has 106 valence electrons. The molecule has 0 aliphatic heterocycles. The third-order valence-electron chi connectivity index (χ3n) is 3.28. The van der Waals surface area contributed by atoms with E-state index in [9.17, 15) is 5.11 Å². The van der Waals surface area contributed by atoms with E-state index in [4.69, 9.17) is 23.2 Å². The SMILES string of the molecule is Cc1ccc(N(C)Cc2cc(Cl)cc(Cl)c2O)c(C)c1. The van der Waals surface area contributed by atoms with E-state index in [0.717, 1.165) is 5.69 Å². The van der Waals surface area contributed by atoms with E-state index in [0.29, 0.717) is 17.1 Å². The molecule has 4 heteroatoms. The Hall–Kier alpha value is -1.38. The van der Waals surface area contributed by atoms with Crippen LogP contribution in [0.4, 0.5) is 5.69 Å². The van der Waals surface area contributed by atoms with Crippen LogP contribution in [0.2, 0.25) is 10.0 Å². The lowest BCUT2D eigenvalue weighted by Gasteiger charge is -2.22. The van der Waals surface area contributed by atoms with Crippen LogP contribution in [-0.2, 0) is 6.54 Å². The van der Waals surface area contributed by atoms with Gasteiger partial charge in [-0.05, 0) is 37.6 Å². The normalized spacial score (nSPS) is 10.7. The van der Waals surface area contributed by atoms with Crippen molar-refractivity contribution < 1.29 is 5.11 Å². The first-order chi connectivity index (χ1) is 9.38. The lowest BCUT2D eigenvalue weighted by atomic mass is 10.1. The molecule has 0 aliphatic carbocycles. The van der Waals surface area contributed by atoms with Crippen LogP contribution < -0.4 is 4.90 Å². The van der Waals surface area contributed by atoms with Gasteiger partial charge < -0.3 is 10.0 Å². The van der Waals surface area contributed by atoms with Crippen molar-refractivity contribution in [3.8, 4) is 5.75 Å². The molecule has 0 heterocycles. The number of rotatable bonds is 3. The van der Waals surface area contributed by atoms with Gasteiger partial charge in [-0.2, -0.15) is 0 Å². The highest BCUT2D eigenvalue weighted by Crippen LogP contribution is 2.33. The highest BCUT2D eigenvalue weighted by Gasteiger charge is 2.12. The fourth-order valence-corrected chi connectivity index (χ4v) is 2.85. The van der Waals surface area contributed by atoms with Crippen LogP contribution in [0.15, 0.2) is 30.3 Å². The van der Waals surface area contributed by atoms with Gasteiger partial charge in [-0.25, -0.2) is 0 Å². The van der Waals surface area contributed by atoms with E-state index in [2.05, 4.69) is 36.9 Å². The molecule has 0 aliphatic rings. The van der Waals surface area contributed by atoms with E-state index in [1.54, 1.807) is 12.1 Å². The first-order valence-electron chi connectivity index (χ1n) is 6.33. The molecule has 20 heavy (non-hydrogen) atoms. The molecule has 0 aromatic heterocycles. The number of anilines is 1. The number of aromatic hydroxyl groups is 1. The molecule has 0 unspecified atom stereocenters. The summed E-state index contributed by atoms with van der Waals surface area (Å²) in [5.74, 6) is 0.0904. The highest BCUT2D eigenvalue weighted by atomic mass is 35.5. The van der Waals surface area contributed by atoms with Gasteiger partial charge in [0.1, 0.15) is 5.75 Å². The van der Waals surface area contributed by atoms with Crippen molar-refractivity contribution in [2.45, 2.75) is 20.4 Å². The zero-order valence-electron chi connectivity index (χ0n) is 11.7. The summed E-state index contributed by atoms with van der Waals surface area (Å²) < 4.78 is 0. The monoisotopic (exact) mass is 309 g/mol. The van der Waals surface area contributed by atoms with Gasteiger partial charge in [-0.1, -0.05) is 40.9 Å². The summed E-state index contributed by atoms with van der Waals surface area (Å²) in [6.45, 7) is 4.68. The molecule has 0 saturated carbocycles. The predicted octanol–water partition coefficient (Wildman–Crippen LogP) is 4.95. The van der Waals surface area contributed by atoms with Gasteiger partial charge in [-0.3, -0.25) is 0 Å². The molecule has 0 radical (unpaired) electrons. The Labute approximate surface area is 129 Å². The standard InChI is InChI=1S/C16H17Cl2NO/c1-10-4-5-15(11(2)6-10)19(3)9-12-7-13(17)8-14(18)16(12)20/h4-8,20H,9H2,1-3H3. The first kappa shape index (κ1) is 15.0. The summed E-state index contributed by atoms with van der Waals surface area (Å²) in [7, 11) is 1.98. The third kappa shape index (κ3) is 3.20. The minimum absolute atomic E-state index is 0.0904. The third-order valence-corrected chi connectivity index (χ3v) is 3.78. The van der Waals surface area contributed by atoms with Crippen LogP contribution in [0.3, 0.4) is 0 Å². The molecule has 2 aromatic rings. The maximum Gasteiger partial charge on any atom is 0.139 e. The number of benzene rings is 2. The van der Waals surface area contributed by atoms with Crippen LogP contribution in [0.25, 0.3) is 0 Å². The number of aryl methyl sites for hydroxylation is 2. The number of hydrogen-bond acceptors (Lipinski definition) is 2. The molecule has 2 nitrogen and oxygen atoms in total. The number of nitrogens with zero attached hydrogens (tertiary/aromatic N) is 1. The van der Waals surface area contributed by atoms with E-state index in [1.807, 2.05) is 7.05 Å². The van der Waals surface area contributed by atoms with Crippen LogP contribution in [0, 0.1) is 13.8 Å². The number of halogens is 2. The van der Waals surface area contributed by atoms with Gasteiger partial charge in [0.15, 0.2) is 0 Å². The maximum absolute atomic E-state index is 10.0. The Morgan fingerprint density at radius 1 is 1.10 bits per heavy atom. The average molecular weight is 310 g/mol. The predicted molar refractivity (Wildman–Crippen MR) is 86.1 cm³/mol. The van der Waals surface area contributed by atoms with Crippen molar-refractivity contribution in [1.82, 2.24) is 0 Å². The van der Waals surface area contributed by atoms with Gasteiger partial charge in [0, 0.05) is 29.9 Å². The Bertz CT molecular complexity index is 641. The van der Waals surface area contributed by atoms with Crippen molar-refractivity contribution in [1.29, 1.82) is 0 Å². The number of phenolic OH excluding ortho intramolecular Hbond substituents is 1. The lowest BCUT2D eigenvalue weighted by molar-refractivity contribution is 0.468. The Morgan fingerprint density at radius 3 is 2.45 bits per heavy atom. The van der Waals surface area contributed by atoms with Crippen molar-refractivity contribution in [3.05, 3.63) is 57.1 Å². The molecule has 0 fully saturated rings. The second-order valence-corrected chi connectivity index (χ2v) is 5.88. The molecular formula is C16H17Cl2NO. The maximum atomic E-state index is 10.0. The quantitative estimate of drug-likeness (QED) is 0.867. The fourth-order valence-electron chi connectivity index (χ4n) is 2.31. The van der Waals surface area contributed by atoms with Crippen LogP contribution in [0.5, 0.6) is 5.75 Å². The lowest BCUT2D eigenvalue weighted by Crippen LogP contribution is -2.17. The largest absolute Gasteiger partial charge is 0.506 e. The van der Waals surface area contributed by atoms with Crippen LogP contribution in [0.1, 0.15) is 16.7 Å². The molecule has 0 spiro atoms. The van der Waals surface area contributed by atoms with Gasteiger partial charge >= 0.3 is 0 Å². The smallest absolute Gasteiger partial charge is 0.139 e. The minimum atomic E-state index is 0.0904. The molecule has 0 bridgehead atoms. The van der Waals surface area contributed by atoms with E-state index in [-0.39, 0.29) is 10.8 Å². The van der Waals surface area contributed by atoms with Gasteiger partial charge in [0.05, 0.1) is 5.02 Å². The average Bonchev–Trinajstić information content (AvgIpc) is 2.35. The summed E-state index contributed by atoms with van der Waals surface area (Å²) in [6.07, 6.45) is 0. The van der Waals surface area contributed by atoms with Crippen LogP contribution >= 0.6 is 23.2 Å². The molecule has 0 atom stereocenters. The number of hydrogen-bond donors (Lipinski definition) is 1. The van der Waals surface area contributed by atoms with E-state index in [1.165, 1.54) is 11.1 Å². The summed E-state index contributed by atoms with van der Waals surface area (Å²) >= 11 is 11.9. The summed E-state index contributed by atoms with van der Waals surface area (Å²) in [5.41, 5.74) is 4.25. The second-order valence-electron chi connectivity index (χ2n) is 5.04. The molecule has 1 N–H and O–H groups in total. The van der Waals surface area contributed by atoms with E-state index < -0.39 is 0 Å². The zero-order valence-corrected chi connectivity index (χ0v) is 13.3.